The Balaban J connectivity index is 2.43. The van der Waals surface area contributed by atoms with Crippen molar-refractivity contribution in [2.45, 2.75) is 6.92 Å². The van der Waals surface area contributed by atoms with Gasteiger partial charge < -0.3 is 4.74 Å². The van der Waals surface area contributed by atoms with Crippen molar-refractivity contribution < 1.29 is 9.53 Å². The zero-order chi connectivity index (χ0) is 7.40. The van der Waals surface area contributed by atoms with E-state index < -0.39 is 0 Å². The molecule has 4 heteroatoms. The van der Waals surface area contributed by atoms with Crippen molar-refractivity contribution in [2.75, 3.05) is 13.2 Å². The maximum atomic E-state index is 10.8. The molecule has 1 aliphatic heterocycles. The molecule has 0 saturated carbocycles. The highest BCUT2D eigenvalue weighted by Gasteiger charge is 2.11. The molecule has 0 radical (unpaired) electrons. The first kappa shape index (κ1) is 6.92. The highest BCUT2D eigenvalue weighted by Crippen LogP contribution is 2.05. The fourth-order valence-corrected chi connectivity index (χ4v) is 0.609. The first-order valence-corrected chi connectivity index (χ1v) is 3.07. The van der Waals surface area contributed by atoms with Crippen LogP contribution in [0.3, 0.4) is 0 Å². The van der Waals surface area contributed by atoms with Gasteiger partial charge in [-0.3, -0.25) is 0 Å². The van der Waals surface area contributed by atoms with Gasteiger partial charge in [0.15, 0.2) is 0 Å². The molecule has 1 heterocycles. The van der Waals surface area contributed by atoms with E-state index in [9.17, 15) is 4.79 Å². The number of carbonyl (C=O) groups is 1. The third kappa shape index (κ3) is 1.40. The lowest BCUT2D eigenvalue weighted by Crippen LogP contribution is -2.07. The van der Waals surface area contributed by atoms with Gasteiger partial charge in [-0.2, -0.15) is 10.2 Å². The molecule has 1 rings (SSSR count). The van der Waals surface area contributed by atoms with Crippen molar-refractivity contribution >= 4 is 5.97 Å². The van der Waals surface area contributed by atoms with Crippen molar-refractivity contribution in [3.63, 3.8) is 0 Å². The Morgan fingerprint density at radius 2 is 2.70 bits per heavy atom. The third-order valence-electron chi connectivity index (χ3n) is 1.07. The smallest absolute Gasteiger partial charge is 0.337 e. The first-order chi connectivity index (χ1) is 4.84. The molecule has 10 heavy (non-hydrogen) atoms. The Labute approximate surface area is 58.6 Å². The molecule has 1 aliphatic rings. The van der Waals surface area contributed by atoms with Crippen LogP contribution in [0.1, 0.15) is 6.92 Å². The van der Waals surface area contributed by atoms with Gasteiger partial charge in [-0.15, -0.1) is 0 Å². The number of ether oxygens (including phenoxy) is 1. The Kier molecular flexibility index (Phi) is 2.15. The maximum Gasteiger partial charge on any atom is 0.337 e. The van der Waals surface area contributed by atoms with Crippen LogP contribution in [0.4, 0.5) is 0 Å². The van der Waals surface area contributed by atoms with Gasteiger partial charge in [0.2, 0.25) is 0 Å². The minimum Gasteiger partial charge on any atom is -0.463 e. The summed E-state index contributed by atoms with van der Waals surface area (Å²) in [6, 6.07) is 0. The molecule has 0 aromatic carbocycles. The Morgan fingerprint density at radius 1 is 1.90 bits per heavy atom. The number of hydrogen-bond acceptors (Lipinski definition) is 4. The number of hydrogen-bond donors (Lipinski definition) is 0. The van der Waals surface area contributed by atoms with Crippen LogP contribution >= 0.6 is 0 Å². The quantitative estimate of drug-likeness (QED) is 0.535. The number of rotatable bonds is 2. The normalized spacial score (nSPS) is 15.1. The van der Waals surface area contributed by atoms with E-state index in [1.165, 1.54) is 6.20 Å². The van der Waals surface area contributed by atoms with Crippen LogP contribution in [-0.4, -0.2) is 19.1 Å². The highest BCUT2D eigenvalue weighted by molar-refractivity contribution is 5.89. The molecular formula is C6H8N2O2. The summed E-state index contributed by atoms with van der Waals surface area (Å²) in [5.74, 6) is -0.312. The van der Waals surface area contributed by atoms with E-state index in [1.54, 1.807) is 6.92 Å². The van der Waals surface area contributed by atoms with Crippen LogP contribution in [0, 0.1) is 0 Å². The molecule has 0 fully saturated rings. The van der Waals surface area contributed by atoms with Crippen molar-refractivity contribution in [1.82, 2.24) is 0 Å². The van der Waals surface area contributed by atoms with Crippen LogP contribution in [0.25, 0.3) is 0 Å². The molecule has 0 bridgehead atoms. The summed E-state index contributed by atoms with van der Waals surface area (Å²) in [7, 11) is 0. The number of carbonyl (C=O) groups excluding carboxylic acids is 1. The Bertz CT molecular complexity index is 196. The van der Waals surface area contributed by atoms with E-state index in [4.69, 9.17) is 4.74 Å². The zero-order valence-electron chi connectivity index (χ0n) is 5.70. The molecule has 0 N–H and O–H groups in total. The second-order valence-electron chi connectivity index (χ2n) is 1.79. The Hall–Kier alpha value is -1.19. The van der Waals surface area contributed by atoms with E-state index in [0.717, 1.165) is 0 Å². The van der Waals surface area contributed by atoms with Crippen LogP contribution < -0.4 is 0 Å². The minimum absolute atomic E-state index is 0.312. The van der Waals surface area contributed by atoms with Gasteiger partial charge in [0.05, 0.1) is 24.9 Å². The lowest BCUT2D eigenvalue weighted by molar-refractivity contribution is -0.138. The van der Waals surface area contributed by atoms with Gasteiger partial charge in [-0.25, -0.2) is 4.79 Å². The average Bonchev–Trinajstić information content (AvgIpc) is 2.38. The standard InChI is InChI=1S/C6H8N2O2/c1-2-10-6(9)5-3-7-8-4-5/h3H,2,4H2,1H3. The van der Waals surface area contributed by atoms with Crippen LogP contribution in [0.2, 0.25) is 0 Å². The summed E-state index contributed by atoms with van der Waals surface area (Å²) in [5.41, 5.74) is 0.529. The second-order valence-corrected chi connectivity index (χ2v) is 1.79. The number of azo groups is 1. The average molecular weight is 140 g/mol. The molecule has 0 spiro atoms. The highest BCUT2D eigenvalue weighted by atomic mass is 16.5. The third-order valence-corrected chi connectivity index (χ3v) is 1.07. The summed E-state index contributed by atoms with van der Waals surface area (Å²) in [4.78, 5) is 10.8. The summed E-state index contributed by atoms with van der Waals surface area (Å²) < 4.78 is 4.70. The van der Waals surface area contributed by atoms with Crippen molar-refractivity contribution in [2.24, 2.45) is 10.2 Å². The van der Waals surface area contributed by atoms with Crippen LogP contribution in [0.15, 0.2) is 22.0 Å². The Morgan fingerprint density at radius 3 is 3.20 bits per heavy atom. The molecule has 4 nitrogen and oxygen atoms in total. The number of nitrogens with zero attached hydrogens (tertiary/aromatic N) is 2. The minimum atomic E-state index is -0.312. The van der Waals surface area contributed by atoms with Gasteiger partial charge in [0.1, 0.15) is 0 Å². The van der Waals surface area contributed by atoms with Crippen molar-refractivity contribution in [1.29, 1.82) is 0 Å². The maximum absolute atomic E-state index is 10.8. The van der Waals surface area contributed by atoms with Gasteiger partial charge >= 0.3 is 5.97 Å². The fraction of sp³-hybridized carbons (Fsp3) is 0.500. The lowest BCUT2D eigenvalue weighted by atomic mass is 10.3. The molecule has 0 aromatic heterocycles. The van der Waals surface area contributed by atoms with Gasteiger partial charge in [0, 0.05) is 0 Å². The van der Waals surface area contributed by atoms with Crippen LogP contribution in [0.5, 0.6) is 0 Å². The molecule has 0 amide bonds. The topological polar surface area (TPSA) is 51.0 Å². The van der Waals surface area contributed by atoms with E-state index in [1.807, 2.05) is 0 Å². The fourth-order valence-electron chi connectivity index (χ4n) is 0.609. The summed E-state index contributed by atoms with van der Waals surface area (Å²) in [5, 5.41) is 7.13. The molecule has 54 valence electrons. The van der Waals surface area contributed by atoms with Gasteiger partial charge in [-0.05, 0) is 6.92 Å². The van der Waals surface area contributed by atoms with E-state index in [-0.39, 0.29) is 5.97 Å². The molecular weight excluding hydrogens is 132 g/mol. The van der Waals surface area contributed by atoms with Crippen LogP contribution in [-0.2, 0) is 9.53 Å². The molecule has 0 aliphatic carbocycles. The SMILES string of the molecule is CCOC(=O)C1=CN=NC1. The predicted octanol–water partition coefficient (Wildman–Crippen LogP) is 0.899. The first-order valence-electron chi connectivity index (χ1n) is 3.07. The van der Waals surface area contributed by atoms with E-state index in [2.05, 4.69) is 10.2 Å². The second kappa shape index (κ2) is 3.10. The van der Waals surface area contributed by atoms with Crippen molar-refractivity contribution in [3.8, 4) is 0 Å². The molecule has 0 atom stereocenters. The van der Waals surface area contributed by atoms with E-state index >= 15 is 0 Å². The summed E-state index contributed by atoms with van der Waals surface area (Å²) in [6.07, 6.45) is 1.43. The van der Waals surface area contributed by atoms with Crippen molar-refractivity contribution in [3.05, 3.63) is 11.8 Å². The summed E-state index contributed by atoms with van der Waals surface area (Å²) in [6.45, 7) is 2.52. The molecule has 0 saturated heterocycles. The predicted molar refractivity (Wildman–Crippen MR) is 34.4 cm³/mol. The largest absolute Gasteiger partial charge is 0.463 e. The number of esters is 1. The lowest BCUT2D eigenvalue weighted by Gasteiger charge is -1.98. The molecule has 0 aromatic rings. The van der Waals surface area contributed by atoms with Gasteiger partial charge in [-0.1, -0.05) is 0 Å². The van der Waals surface area contributed by atoms with Gasteiger partial charge in [0.25, 0.3) is 0 Å². The zero-order valence-corrected chi connectivity index (χ0v) is 5.70. The van der Waals surface area contributed by atoms with E-state index in [0.29, 0.717) is 18.7 Å². The monoisotopic (exact) mass is 140 g/mol. The summed E-state index contributed by atoms with van der Waals surface area (Å²) >= 11 is 0. The molecule has 0 unspecified atom stereocenters.